The molecule has 0 saturated heterocycles. The standard InChI is InChI=1S/C10H7ClO2/c1-6-8-3-2-7(11)4-9(8)13-10(6)5-12/h2-5H,1H3. The second kappa shape index (κ2) is 2.89. The van der Waals surface area contributed by atoms with Crippen LogP contribution < -0.4 is 0 Å². The van der Waals surface area contributed by atoms with Crippen LogP contribution in [0.15, 0.2) is 22.6 Å². The smallest absolute Gasteiger partial charge is 0.185 e. The summed E-state index contributed by atoms with van der Waals surface area (Å²) >= 11 is 5.78. The first-order valence-electron chi connectivity index (χ1n) is 3.86. The molecule has 0 N–H and O–H groups in total. The van der Waals surface area contributed by atoms with E-state index >= 15 is 0 Å². The Labute approximate surface area is 80.1 Å². The molecule has 13 heavy (non-hydrogen) atoms. The summed E-state index contributed by atoms with van der Waals surface area (Å²) in [6, 6.07) is 5.33. The molecule has 66 valence electrons. The molecule has 0 bridgehead atoms. The molecule has 1 aromatic heterocycles. The number of aryl methyl sites for hydroxylation is 1. The quantitative estimate of drug-likeness (QED) is 0.653. The summed E-state index contributed by atoms with van der Waals surface area (Å²) in [5, 5.41) is 1.55. The fourth-order valence-corrected chi connectivity index (χ4v) is 1.49. The summed E-state index contributed by atoms with van der Waals surface area (Å²) in [4.78, 5) is 10.6. The molecule has 0 fully saturated rings. The van der Waals surface area contributed by atoms with E-state index in [0.29, 0.717) is 22.7 Å². The number of hydrogen-bond acceptors (Lipinski definition) is 2. The van der Waals surface area contributed by atoms with Gasteiger partial charge >= 0.3 is 0 Å². The van der Waals surface area contributed by atoms with Crippen molar-refractivity contribution in [2.45, 2.75) is 6.92 Å². The molecule has 0 aliphatic rings. The molecule has 0 aliphatic heterocycles. The predicted molar refractivity (Wildman–Crippen MR) is 51.3 cm³/mol. The van der Waals surface area contributed by atoms with Gasteiger partial charge in [-0.2, -0.15) is 0 Å². The average molecular weight is 195 g/mol. The highest BCUT2D eigenvalue weighted by atomic mass is 35.5. The van der Waals surface area contributed by atoms with Crippen molar-refractivity contribution in [1.82, 2.24) is 0 Å². The Morgan fingerprint density at radius 3 is 2.92 bits per heavy atom. The monoisotopic (exact) mass is 194 g/mol. The van der Waals surface area contributed by atoms with Gasteiger partial charge < -0.3 is 4.42 Å². The predicted octanol–water partition coefficient (Wildman–Crippen LogP) is 3.21. The molecule has 1 heterocycles. The number of halogens is 1. The van der Waals surface area contributed by atoms with Crippen LogP contribution in [-0.4, -0.2) is 6.29 Å². The fraction of sp³-hybridized carbons (Fsp3) is 0.100. The molecule has 2 rings (SSSR count). The zero-order valence-electron chi connectivity index (χ0n) is 7.00. The van der Waals surface area contributed by atoms with E-state index in [4.69, 9.17) is 16.0 Å². The third kappa shape index (κ3) is 1.23. The maximum Gasteiger partial charge on any atom is 0.185 e. The molecule has 0 aliphatic carbocycles. The van der Waals surface area contributed by atoms with Crippen molar-refractivity contribution in [3.8, 4) is 0 Å². The highest BCUT2D eigenvalue weighted by Gasteiger charge is 2.08. The van der Waals surface area contributed by atoms with Crippen molar-refractivity contribution < 1.29 is 9.21 Å². The third-order valence-corrected chi connectivity index (χ3v) is 2.28. The maximum atomic E-state index is 10.6. The number of aldehydes is 1. The van der Waals surface area contributed by atoms with Crippen LogP contribution in [0.2, 0.25) is 5.02 Å². The van der Waals surface area contributed by atoms with Gasteiger partial charge in [-0.3, -0.25) is 4.79 Å². The van der Waals surface area contributed by atoms with Crippen molar-refractivity contribution in [1.29, 1.82) is 0 Å². The molecule has 0 radical (unpaired) electrons. The number of carbonyl (C=O) groups is 1. The van der Waals surface area contributed by atoms with Crippen LogP contribution in [0.4, 0.5) is 0 Å². The lowest BCUT2D eigenvalue weighted by Gasteiger charge is -1.89. The summed E-state index contributed by atoms with van der Waals surface area (Å²) in [5.41, 5.74) is 1.52. The maximum absolute atomic E-state index is 10.6. The van der Waals surface area contributed by atoms with Crippen LogP contribution in [0.3, 0.4) is 0 Å². The van der Waals surface area contributed by atoms with Crippen molar-refractivity contribution in [3.05, 3.63) is 34.5 Å². The van der Waals surface area contributed by atoms with Crippen LogP contribution in [-0.2, 0) is 0 Å². The Kier molecular flexibility index (Phi) is 1.85. The Balaban J connectivity index is 2.83. The normalized spacial score (nSPS) is 10.6. The molecule has 2 nitrogen and oxygen atoms in total. The highest BCUT2D eigenvalue weighted by molar-refractivity contribution is 6.31. The lowest BCUT2D eigenvalue weighted by atomic mass is 10.1. The van der Waals surface area contributed by atoms with Gasteiger partial charge in [0.25, 0.3) is 0 Å². The number of benzene rings is 1. The van der Waals surface area contributed by atoms with E-state index in [9.17, 15) is 4.79 Å². The van der Waals surface area contributed by atoms with Crippen molar-refractivity contribution in [2.75, 3.05) is 0 Å². The first kappa shape index (κ1) is 8.32. The van der Waals surface area contributed by atoms with E-state index < -0.39 is 0 Å². The minimum Gasteiger partial charge on any atom is -0.453 e. The van der Waals surface area contributed by atoms with Gasteiger partial charge in [0.15, 0.2) is 12.0 Å². The fourth-order valence-electron chi connectivity index (χ4n) is 1.33. The van der Waals surface area contributed by atoms with E-state index in [1.54, 1.807) is 12.1 Å². The van der Waals surface area contributed by atoms with Crippen LogP contribution in [0.5, 0.6) is 0 Å². The highest BCUT2D eigenvalue weighted by Crippen LogP contribution is 2.26. The average Bonchev–Trinajstić information content (AvgIpc) is 2.42. The van der Waals surface area contributed by atoms with Gasteiger partial charge in [-0.25, -0.2) is 0 Å². The second-order valence-corrected chi connectivity index (χ2v) is 3.29. The zero-order valence-corrected chi connectivity index (χ0v) is 7.76. The summed E-state index contributed by atoms with van der Waals surface area (Å²) in [6.07, 6.45) is 0.712. The van der Waals surface area contributed by atoms with Crippen LogP contribution >= 0.6 is 11.6 Å². The van der Waals surface area contributed by atoms with Gasteiger partial charge in [-0.1, -0.05) is 11.6 Å². The number of hydrogen-bond donors (Lipinski definition) is 0. The molecule has 0 atom stereocenters. The summed E-state index contributed by atoms with van der Waals surface area (Å²) < 4.78 is 5.28. The number of fused-ring (bicyclic) bond motifs is 1. The molecule has 3 heteroatoms. The van der Waals surface area contributed by atoms with Crippen molar-refractivity contribution >= 4 is 28.9 Å². The van der Waals surface area contributed by atoms with E-state index in [0.717, 1.165) is 10.9 Å². The van der Waals surface area contributed by atoms with E-state index in [1.807, 2.05) is 13.0 Å². The Bertz CT molecular complexity index is 471. The van der Waals surface area contributed by atoms with E-state index in [2.05, 4.69) is 0 Å². The van der Waals surface area contributed by atoms with Crippen LogP contribution in [0, 0.1) is 6.92 Å². The molecule has 0 amide bonds. The van der Waals surface area contributed by atoms with Gasteiger partial charge in [0, 0.05) is 22.0 Å². The molecule has 0 unspecified atom stereocenters. The van der Waals surface area contributed by atoms with Gasteiger partial charge in [0.05, 0.1) is 0 Å². The SMILES string of the molecule is Cc1c(C=O)oc2cc(Cl)ccc12. The minimum absolute atomic E-state index is 0.372. The van der Waals surface area contributed by atoms with E-state index in [-0.39, 0.29) is 0 Å². The minimum atomic E-state index is 0.372. The second-order valence-electron chi connectivity index (χ2n) is 2.85. The van der Waals surface area contributed by atoms with Crippen LogP contribution in [0.1, 0.15) is 16.1 Å². The molecular formula is C10H7ClO2. The molecule has 0 spiro atoms. The lowest BCUT2D eigenvalue weighted by Crippen LogP contribution is -1.76. The largest absolute Gasteiger partial charge is 0.453 e. The Hall–Kier alpha value is -1.28. The molecule has 2 aromatic rings. The van der Waals surface area contributed by atoms with Gasteiger partial charge in [-0.15, -0.1) is 0 Å². The topological polar surface area (TPSA) is 30.2 Å². The number of carbonyl (C=O) groups excluding carboxylic acids is 1. The van der Waals surface area contributed by atoms with Gasteiger partial charge in [0.1, 0.15) is 5.58 Å². The Morgan fingerprint density at radius 1 is 1.46 bits per heavy atom. The summed E-state index contributed by atoms with van der Waals surface area (Å²) in [7, 11) is 0. The number of rotatable bonds is 1. The van der Waals surface area contributed by atoms with Gasteiger partial charge in [-0.05, 0) is 19.1 Å². The lowest BCUT2D eigenvalue weighted by molar-refractivity contribution is 0.110. The summed E-state index contributed by atoms with van der Waals surface area (Å²) in [5.74, 6) is 0.372. The third-order valence-electron chi connectivity index (χ3n) is 2.04. The molecular weight excluding hydrogens is 188 g/mol. The first-order valence-corrected chi connectivity index (χ1v) is 4.24. The van der Waals surface area contributed by atoms with Crippen LogP contribution in [0.25, 0.3) is 11.0 Å². The van der Waals surface area contributed by atoms with Crippen molar-refractivity contribution in [2.24, 2.45) is 0 Å². The number of furan rings is 1. The first-order chi connectivity index (χ1) is 6.22. The Morgan fingerprint density at radius 2 is 2.23 bits per heavy atom. The van der Waals surface area contributed by atoms with Crippen molar-refractivity contribution in [3.63, 3.8) is 0 Å². The van der Waals surface area contributed by atoms with Gasteiger partial charge in [0.2, 0.25) is 0 Å². The molecule has 1 aromatic carbocycles. The summed E-state index contributed by atoms with van der Waals surface area (Å²) in [6.45, 7) is 1.85. The zero-order chi connectivity index (χ0) is 9.42. The molecule has 0 saturated carbocycles. The van der Waals surface area contributed by atoms with E-state index in [1.165, 1.54) is 0 Å².